The molecular formula is C23H22ClF7N2O. The number of halogens is 8. The van der Waals surface area contributed by atoms with Gasteiger partial charge in [-0.05, 0) is 61.9 Å². The van der Waals surface area contributed by atoms with Crippen molar-refractivity contribution in [3.8, 4) is 0 Å². The summed E-state index contributed by atoms with van der Waals surface area (Å²) in [4.78, 5) is 12.3. The topological polar surface area (TPSA) is 41.1 Å². The molecule has 0 aromatic heterocycles. The van der Waals surface area contributed by atoms with Crippen molar-refractivity contribution in [2.24, 2.45) is 5.92 Å². The maximum Gasteiger partial charge on any atom is 0.416 e. The van der Waals surface area contributed by atoms with Gasteiger partial charge in [-0.15, -0.1) is 0 Å². The van der Waals surface area contributed by atoms with Crippen LogP contribution in [0.1, 0.15) is 52.7 Å². The van der Waals surface area contributed by atoms with Gasteiger partial charge >= 0.3 is 12.4 Å². The maximum absolute atomic E-state index is 13.9. The van der Waals surface area contributed by atoms with Gasteiger partial charge in [0.15, 0.2) is 0 Å². The molecule has 186 valence electrons. The first-order chi connectivity index (χ1) is 15.8. The summed E-state index contributed by atoms with van der Waals surface area (Å²) >= 11 is 6.02. The lowest BCUT2D eigenvalue weighted by molar-refractivity contribution is -0.143. The van der Waals surface area contributed by atoms with Crippen molar-refractivity contribution < 1.29 is 35.5 Å². The highest BCUT2D eigenvalue weighted by molar-refractivity contribution is 6.31. The highest BCUT2D eigenvalue weighted by Crippen LogP contribution is 2.36. The minimum atomic E-state index is -5.02. The van der Waals surface area contributed by atoms with Crippen LogP contribution in [0.2, 0.25) is 5.02 Å². The Kier molecular flexibility index (Phi) is 8.13. The van der Waals surface area contributed by atoms with E-state index in [0.29, 0.717) is 48.4 Å². The van der Waals surface area contributed by atoms with Gasteiger partial charge in [0.25, 0.3) is 5.91 Å². The summed E-state index contributed by atoms with van der Waals surface area (Å²) in [5.41, 5.74) is -3.39. The molecule has 1 saturated carbocycles. The Morgan fingerprint density at radius 1 is 0.941 bits per heavy atom. The normalized spacial score (nSPS) is 19.2. The largest absolute Gasteiger partial charge is 0.416 e. The number of nitrogens with one attached hydrogen (secondary N) is 2. The molecule has 0 aliphatic heterocycles. The predicted molar refractivity (Wildman–Crippen MR) is 113 cm³/mol. The first-order valence-corrected chi connectivity index (χ1v) is 11.0. The molecule has 3 rings (SSSR count). The molecule has 1 aliphatic rings. The van der Waals surface area contributed by atoms with Crippen LogP contribution in [0, 0.1) is 11.7 Å². The van der Waals surface area contributed by atoms with Crippen LogP contribution in [0.15, 0.2) is 36.4 Å². The van der Waals surface area contributed by atoms with Crippen molar-refractivity contribution in [3.63, 3.8) is 0 Å². The Bertz CT molecular complexity index is 963. The van der Waals surface area contributed by atoms with Crippen LogP contribution in [-0.2, 0) is 18.9 Å². The second-order valence-electron chi connectivity index (χ2n) is 8.30. The zero-order chi connectivity index (χ0) is 25.1. The van der Waals surface area contributed by atoms with E-state index in [0.717, 1.165) is 0 Å². The minimum absolute atomic E-state index is 0.0143. The molecule has 2 aromatic carbocycles. The highest BCUT2D eigenvalue weighted by Gasteiger charge is 2.37. The van der Waals surface area contributed by atoms with E-state index in [4.69, 9.17) is 11.6 Å². The molecular weight excluding hydrogens is 489 g/mol. The molecule has 1 amide bonds. The Morgan fingerprint density at radius 2 is 1.53 bits per heavy atom. The molecule has 2 N–H and O–H groups in total. The third-order valence-electron chi connectivity index (χ3n) is 5.88. The number of benzene rings is 2. The van der Waals surface area contributed by atoms with Gasteiger partial charge in [0, 0.05) is 35.3 Å². The van der Waals surface area contributed by atoms with Gasteiger partial charge in [-0.25, -0.2) is 4.39 Å². The van der Waals surface area contributed by atoms with Crippen LogP contribution in [0.3, 0.4) is 0 Å². The van der Waals surface area contributed by atoms with E-state index in [1.54, 1.807) is 6.07 Å². The van der Waals surface area contributed by atoms with Gasteiger partial charge in [0.05, 0.1) is 11.1 Å². The van der Waals surface area contributed by atoms with Gasteiger partial charge in [0.2, 0.25) is 0 Å². The van der Waals surface area contributed by atoms with E-state index >= 15 is 0 Å². The summed E-state index contributed by atoms with van der Waals surface area (Å²) in [6.45, 7) is 0.386. The average molecular weight is 511 g/mol. The fraction of sp³-hybridized carbons (Fsp3) is 0.435. The van der Waals surface area contributed by atoms with E-state index in [1.165, 1.54) is 12.1 Å². The van der Waals surface area contributed by atoms with Crippen molar-refractivity contribution in [1.82, 2.24) is 10.6 Å². The maximum atomic E-state index is 13.9. The standard InChI is InChI=1S/C23H22ClF7N2O/c24-19-2-1-3-20(25)18(19)12-32-17-6-4-13(5-7-17)11-33-21(34)14-8-15(22(26,27)28)10-16(9-14)23(29,30)31/h1-3,8-10,13,17,32H,4-7,11-12H2,(H,33,34). The van der Waals surface area contributed by atoms with Gasteiger partial charge in [-0.1, -0.05) is 17.7 Å². The minimum Gasteiger partial charge on any atom is -0.352 e. The zero-order valence-electron chi connectivity index (χ0n) is 17.8. The van der Waals surface area contributed by atoms with Crippen molar-refractivity contribution in [2.75, 3.05) is 6.54 Å². The molecule has 2 aromatic rings. The molecule has 3 nitrogen and oxygen atoms in total. The SMILES string of the molecule is O=C(NCC1CCC(NCc2c(F)cccc2Cl)CC1)c1cc(C(F)(F)F)cc(C(F)(F)F)c1. The molecule has 1 fully saturated rings. The predicted octanol–water partition coefficient (Wildman–Crippen LogP) is 6.60. The van der Waals surface area contributed by atoms with Crippen LogP contribution in [0.25, 0.3) is 0 Å². The number of alkyl halides is 6. The third kappa shape index (κ3) is 6.85. The highest BCUT2D eigenvalue weighted by atomic mass is 35.5. The van der Waals surface area contributed by atoms with Crippen molar-refractivity contribution in [3.05, 3.63) is 69.5 Å². The number of carbonyl (C=O) groups excluding carboxylic acids is 1. The van der Waals surface area contributed by atoms with Crippen molar-refractivity contribution in [2.45, 2.75) is 50.6 Å². The average Bonchev–Trinajstić information content (AvgIpc) is 2.76. The number of hydrogen-bond acceptors (Lipinski definition) is 2. The number of amides is 1. The van der Waals surface area contributed by atoms with E-state index in [1.807, 2.05) is 0 Å². The third-order valence-corrected chi connectivity index (χ3v) is 6.23. The second-order valence-corrected chi connectivity index (χ2v) is 8.71. The molecule has 0 saturated heterocycles. The van der Waals surface area contributed by atoms with E-state index in [2.05, 4.69) is 10.6 Å². The van der Waals surface area contributed by atoms with Gasteiger partial charge in [0.1, 0.15) is 5.82 Å². The van der Waals surface area contributed by atoms with Crippen LogP contribution in [0.4, 0.5) is 30.7 Å². The molecule has 11 heteroatoms. The molecule has 0 bridgehead atoms. The Morgan fingerprint density at radius 3 is 2.06 bits per heavy atom. The Balaban J connectivity index is 1.53. The molecule has 0 spiro atoms. The Labute approximate surface area is 196 Å². The molecule has 1 aliphatic carbocycles. The van der Waals surface area contributed by atoms with E-state index < -0.39 is 40.8 Å². The van der Waals surface area contributed by atoms with E-state index in [-0.39, 0.29) is 31.1 Å². The fourth-order valence-corrected chi connectivity index (χ4v) is 4.17. The zero-order valence-corrected chi connectivity index (χ0v) is 18.5. The monoisotopic (exact) mass is 510 g/mol. The first kappa shape index (κ1) is 26.3. The van der Waals surface area contributed by atoms with Crippen molar-refractivity contribution >= 4 is 17.5 Å². The van der Waals surface area contributed by atoms with Crippen LogP contribution < -0.4 is 10.6 Å². The van der Waals surface area contributed by atoms with Gasteiger partial charge < -0.3 is 10.6 Å². The summed E-state index contributed by atoms with van der Waals surface area (Å²) < 4.78 is 91.8. The summed E-state index contributed by atoms with van der Waals surface area (Å²) in [6.07, 6.45) is -7.25. The lowest BCUT2D eigenvalue weighted by Gasteiger charge is -2.29. The smallest absolute Gasteiger partial charge is 0.352 e. The summed E-state index contributed by atoms with van der Waals surface area (Å²) in [6, 6.07) is 5.36. The van der Waals surface area contributed by atoms with Crippen LogP contribution >= 0.6 is 11.6 Å². The quantitative estimate of drug-likeness (QED) is 0.430. The van der Waals surface area contributed by atoms with Crippen LogP contribution in [0.5, 0.6) is 0 Å². The summed E-state index contributed by atoms with van der Waals surface area (Å²) in [7, 11) is 0. The molecule has 0 radical (unpaired) electrons. The Hall–Kier alpha value is -2.33. The van der Waals surface area contributed by atoms with Crippen LogP contribution in [-0.4, -0.2) is 18.5 Å². The summed E-state index contributed by atoms with van der Waals surface area (Å²) in [5, 5.41) is 6.03. The van der Waals surface area contributed by atoms with Crippen molar-refractivity contribution in [1.29, 1.82) is 0 Å². The molecule has 34 heavy (non-hydrogen) atoms. The number of carbonyl (C=O) groups is 1. The van der Waals surface area contributed by atoms with E-state index in [9.17, 15) is 35.5 Å². The molecule has 0 unspecified atom stereocenters. The molecule has 0 heterocycles. The molecule has 0 atom stereocenters. The number of rotatable bonds is 6. The lowest BCUT2D eigenvalue weighted by atomic mass is 9.86. The summed E-state index contributed by atoms with van der Waals surface area (Å²) in [5.74, 6) is -1.38. The lowest BCUT2D eigenvalue weighted by Crippen LogP contribution is -2.37. The first-order valence-electron chi connectivity index (χ1n) is 10.6. The number of hydrogen-bond donors (Lipinski definition) is 2. The second kappa shape index (κ2) is 10.5. The fourth-order valence-electron chi connectivity index (χ4n) is 3.94. The van der Waals surface area contributed by atoms with Gasteiger partial charge in [-0.2, -0.15) is 26.3 Å². The van der Waals surface area contributed by atoms with Gasteiger partial charge in [-0.3, -0.25) is 4.79 Å².